The number of rotatable bonds is 8. The summed E-state index contributed by atoms with van der Waals surface area (Å²) in [5.41, 5.74) is 15.4. The molecule has 6 aromatic carbocycles. The van der Waals surface area contributed by atoms with Crippen LogP contribution in [-0.2, 0) is 0 Å². The topological polar surface area (TPSA) is 64.5 Å². The van der Waals surface area contributed by atoms with Crippen LogP contribution in [0.1, 0.15) is 50.8 Å². The number of fused-ring (bicyclic) bond motifs is 4. The van der Waals surface area contributed by atoms with E-state index in [4.69, 9.17) is 19.9 Å². The van der Waals surface area contributed by atoms with Crippen LogP contribution in [0.3, 0.4) is 0 Å². The number of nitrogens with zero attached hydrogens (tertiary/aromatic N) is 5. The molecule has 10 aromatic rings. The maximum atomic E-state index is 5.33. The van der Waals surface area contributed by atoms with Gasteiger partial charge in [-0.3, -0.25) is 9.97 Å². The fourth-order valence-corrected chi connectivity index (χ4v) is 8.20. The number of benzene rings is 6. The molecule has 0 saturated carbocycles. The first kappa shape index (κ1) is 36.9. The minimum Gasteiger partial charge on any atom is -0.263 e. The van der Waals surface area contributed by atoms with E-state index in [1.807, 2.05) is 36.7 Å². The monoisotopic (exact) mass is 773 g/mol. The van der Waals surface area contributed by atoms with Gasteiger partial charge in [0.2, 0.25) is 0 Å². The summed E-state index contributed by atoms with van der Waals surface area (Å²) in [7, 11) is 0. The molecule has 0 aliphatic rings. The highest BCUT2D eigenvalue weighted by Crippen LogP contribution is 2.36. The van der Waals surface area contributed by atoms with Gasteiger partial charge in [-0.2, -0.15) is 0 Å². The Bertz CT molecular complexity index is 3200. The fraction of sp³-hybridized carbons (Fsp3) is 0.109. The van der Waals surface area contributed by atoms with Crippen LogP contribution in [0.25, 0.3) is 100.0 Å². The van der Waals surface area contributed by atoms with E-state index < -0.39 is 0 Å². The molecule has 5 heteroatoms. The molecule has 0 radical (unpaired) electrons. The fourth-order valence-electron chi connectivity index (χ4n) is 8.20. The molecule has 0 aliphatic carbocycles. The Labute approximate surface area is 350 Å². The van der Waals surface area contributed by atoms with Gasteiger partial charge in [0.1, 0.15) is 0 Å². The molecule has 0 fully saturated rings. The van der Waals surface area contributed by atoms with Crippen LogP contribution in [0.4, 0.5) is 0 Å². The van der Waals surface area contributed by atoms with Crippen LogP contribution in [0.15, 0.2) is 176 Å². The number of hydrogen-bond donors (Lipinski definition) is 0. The largest absolute Gasteiger partial charge is 0.263 e. The van der Waals surface area contributed by atoms with Gasteiger partial charge in [0.15, 0.2) is 5.82 Å². The van der Waals surface area contributed by atoms with Crippen molar-refractivity contribution in [1.29, 1.82) is 0 Å². The Morgan fingerprint density at radius 2 is 1.00 bits per heavy atom. The average molecular weight is 774 g/mol. The maximum Gasteiger partial charge on any atom is 0.160 e. The summed E-state index contributed by atoms with van der Waals surface area (Å²) in [4.78, 5) is 25.3. The van der Waals surface area contributed by atoms with Gasteiger partial charge < -0.3 is 0 Å². The lowest BCUT2D eigenvalue weighted by molar-refractivity contribution is 0.830. The van der Waals surface area contributed by atoms with E-state index in [-0.39, 0.29) is 0 Å². The Kier molecular flexibility index (Phi) is 9.50. The summed E-state index contributed by atoms with van der Waals surface area (Å²) in [6.07, 6.45) is 3.86. The standard InChI is InChI=1S/C55H43N5/c1-34(2)47-30-50(58-54-46(47)26-24-38-25-27-49(35(3)4)57-53(38)54)42-17-10-15-40(28-42)36-20-22-39(23-21-36)55-59-51(37-12-6-5-7-13-37)31-52(60-55)43-18-11-16-41(29-43)48-33-56-32-44-14-8-9-19-45(44)48/h5-35H,1-4H3. The van der Waals surface area contributed by atoms with Crippen molar-refractivity contribution in [3.63, 3.8) is 0 Å². The third-order valence-electron chi connectivity index (χ3n) is 11.5. The van der Waals surface area contributed by atoms with Gasteiger partial charge in [-0.05, 0) is 69.8 Å². The molecule has 0 saturated heterocycles. The first-order valence-electron chi connectivity index (χ1n) is 20.7. The molecule has 60 heavy (non-hydrogen) atoms. The molecule has 288 valence electrons. The van der Waals surface area contributed by atoms with E-state index in [9.17, 15) is 0 Å². The van der Waals surface area contributed by atoms with Crippen molar-refractivity contribution in [2.75, 3.05) is 0 Å². The average Bonchev–Trinajstić information content (AvgIpc) is 3.31. The first-order chi connectivity index (χ1) is 29.4. The second-order valence-electron chi connectivity index (χ2n) is 16.2. The van der Waals surface area contributed by atoms with E-state index >= 15 is 0 Å². The summed E-state index contributed by atoms with van der Waals surface area (Å²) in [6.45, 7) is 8.88. The van der Waals surface area contributed by atoms with Gasteiger partial charge in [0, 0.05) is 62.1 Å². The summed E-state index contributed by atoms with van der Waals surface area (Å²) in [6, 6.07) is 57.6. The maximum absolute atomic E-state index is 5.33. The molecule has 4 aromatic heterocycles. The number of hydrogen-bond acceptors (Lipinski definition) is 5. The van der Waals surface area contributed by atoms with Crippen molar-refractivity contribution in [3.8, 4) is 67.4 Å². The highest BCUT2D eigenvalue weighted by molar-refractivity contribution is 6.05. The zero-order valence-electron chi connectivity index (χ0n) is 34.1. The highest BCUT2D eigenvalue weighted by atomic mass is 14.9. The normalized spacial score (nSPS) is 11.6. The summed E-state index contributed by atoms with van der Waals surface area (Å²) < 4.78 is 0. The molecule has 0 N–H and O–H groups in total. The van der Waals surface area contributed by atoms with Crippen LogP contribution >= 0.6 is 0 Å². The van der Waals surface area contributed by atoms with Crippen molar-refractivity contribution >= 4 is 32.6 Å². The second kappa shape index (κ2) is 15.4. The zero-order chi connectivity index (χ0) is 40.7. The lowest BCUT2D eigenvalue weighted by atomic mass is 9.94. The van der Waals surface area contributed by atoms with E-state index in [0.717, 1.165) is 94.5 Å². The summed E-state index contributed by atoms with van der Waals surface area (Å²) in [5, 5.41) is 4.56. The molecule has 0 aliphatic heterocycles. The number of pyridine rings is 3. The third-order valence-corrected chi connectivity index (χ3v) is 11.5. The summed E-state index contributed by atoms with van der Waals surface area (Å²) in [5.74, 6) is 1.33. The van der Waals surface area contributed by atoms with Crippen molar-refractivity contribution in [1.82, 2.24) is 24.9 Å². The number of aromatic nitrogens is 5. The molecule has 0 spiro atoms. The molecule has 0 amide bonds. The third kappa shape index (κ3) is 6.98. The van der Waals surface area contributed by atoms with Crippen LogP contribution in [-0.4, -0.2) is 24.9 Å². The van der Waals surface area contributed by atoms with E-state index in [1.165, 1.54) is 10.9 Å². The molecule has 0 unspecified atom stereocenters. The molecule has 5 nitrogen and oxygen atoms in total. The van der Waals surface area contributed by atoms with Crippen molar-refractivity contribution in [2.45, 2.75) is 39.5 Å². The molecule has 4 heterocycles. The zero-order valence-corrected chi connectivity index (χ0v) is 34.1. The molecule has 0 atom stereocenters. The quantitative estimate of drug-likeness (QED) is 0.144. The predicted molar refractivity (Wildman–Crippen MR) is 249 cm³/mol. The van der Waals surface area contributed by atoms with Gasteiger partial charge in [0.05, 0.1) is 28.1 Å². The van der Waals surface area contributed by atoms with Crippen LogP contribution in [0, 0.1) is 0 Å². The lowest BCUT2D eigenvalue weighted by Gasteiger charge is -2.15. The van der Waals surface area contributed by atoms with Gasteiger partial charge in [-0.25, -0.2) is 15.0 Å². The Morgan fingerprint density at radius 1 is 0.367 bits per heavy atom. The second-order valence-corrected chi connectivity index (χ2v) is 16.2. The van der Waals surface area contributed by atoms with E-state index in [0.29, 0.717) is 17.7 Å². The SMILES string of the molecule is CC(C)c1ccc2ccc3c(C(C)C)cc(-c4cccc(-c5ccc(-c6nc(-c7ccccc7)cc(-c7cccc(-c8cncc9ccccc89)c7)n6)cc5)c4)nc3c2n1. The first-order valence-corrected chi connectivity index (χ1v) is 20.7. The molecular weight excluding hydrogens is 731 g/mol. The van der Waals surface area contributed by atoms with Gasteiger partial charge in [0.25, 0.3) is 0 Å². The van der Waals surface area contributed by atoms with Crippen molar-refractivity contribution < 1.29 is 0 Å². The van der Waals surface area contributed by atoms with E-state index in [1.54, 1.807) is 0 Å². The van der Waals surface area contributed by atoms with Gasteiger partial charge in [-0.15, -0.1) is 0 Å². The lowest BCUT2D eigenvalue weighted by Crippen LogP contribution is -1.98. The Hall–Kier alpha value is -7.37. The smallest absolute Gasteiger partial charge is 0.160 e. The Balaban J connectivity index is 1.02. The van der Waals surface area contributed by atoms with Crippen molar-refractivity contribution in [2.24, 2.45) is 0 Å². The van der Waals surface area contributed by atoms with Crippen LogP contribution in [0.5, 0.6) is 0 Å². The van der Waals surface area contributed by atoms with Gasteiger partial charge >= 0.3 is 0 Å². The Morgan fingerprint density at radius 3 is 1.77 bits per heavy atom. The molecular formula is C55H43N5. The minimum atomic E-state index is 0.323. The summed E-state index contributed by atoms with van der Waals surface area (Å²) >= 11 is 0. The minimum absolute atomic E-state index is 0.323. The van der Waals surface area contributed by atoms with Gasteiger partial charge in [-0.1, -0.05) is 161 Å². The van der Waals surface area contributed by atoms with Crippen molar-refractivity contribution in [3.05, 3.63) is 187 Å². The predicted octanol–water partition coefficient (Wildman–Crippen LogP) is 14.4. The van der Waals surface area contributed by atoms with E-state index in [2.05, 4.69) is 172 Å². The molecule has 0 bridgehead atoms. The highest BCUT2D eigenvalue weighted by Gasteiger charge is 2.17. The molecule has 10 rings (SSSR count). The van der Waals surface area contributed by atoms with Crippen LogP contribution in [0.2, 0.25) is 0 Å². The van der Waals surface area contributed by atoms with Crippen LogP contribution < -0.4 is 0 Å².